The number of halogens is 1. The van der Waals surface area contributed by atoms with Gasteiger partial charge in [0.1, 0.15) is 11.6 Å². The number of nitrogens with zero attached hydrogens (tertiary/aromatic N) is 1. The van der Waals surface area contributed by atoms with E-state index in [1.165, 1.54) is 25.0 Å². The molecule has 1 aliphatic carbocycles. The Morgan fingerprint density at radius 3 is 2.94 bits per heavy atom. The van der Waals surface area contributed by atoms with Crippen LogP contribution in [0.1, 0.15) is 18.4 Å². The van der Waals surface area contributed by atoms with Gasteiger partial charge in [0.25, 0.3) is 0 Å². The summed E-state index contributed by atoms with van der Waals surface area (Å²) >= 11 is 0. The molecule has 0 aliphatic heterocycles. The minimum atomic E-state index is -0.374. The first-order chi connectivity index (χ1) is 7.79. The van der Waals surface area contributed by atoms with Gasteiger partial charge in [-0.05, 0) is 42.9 Å². The number of nitriles is 1. The normalized spacial score (nSPS) is 13.5. The van der Waals surface area contributed by atoms with Crippen LogP contribution in [0.25, 0.3) is 0 Å². The number of ether oxygens (including phenoxy) is 1. The van der Waals surface area contributed by atoms with Gasteiger partial charge < -0.3 is 4.74 Å². The Kier molecular flexibility index (Phi) is 3.08. The van der Waals surface area contributed by atoms with Crippen LogP contribution in [0.5, 0.6) is 5.75 Å². The lowest BCUT2D eigenvalue weighted by atomic mass is 10.2. The second-order valence-corrected chi connectivity index (χ2v) is 3.76. The molecule has 16 heavy (non-hydrogen) atoms. The van der Waals surface area contributed by atoms with Crippen LogP contribution in [0, 0.1) is 34.9 Å². The first-order valence-electron chi connectivity index (χ1n) is 5.12. The molecular formula is C13H10FNO. The molecule has 0 heterocycles. The SMILES string of the molecule is N#CC#Cc1cc(F)ccc1OCC1CC1. The first kappa shape index (κ1) is 10.5. The van der Waals surface area contributed by atoms with Crippen LogP contribution in [-0.2, 0) is 0 Å². The summed E-state index contributed by atoms with van der Waals surface area (Å²) in [6.07, 6.45) is 2.39. The van der Waals surface area contributed by atoms with Crippen LogP contribution in [0.2, 0.25) is 0 Å². The molecule has 1 aromatic rings. The van der Waals surface area contributed by atoms with Crippen LogP contribution in [-0.4, -0.2) is 6.61 Å². The van der Waals surface area contributed by atoms with Crippen molar-refractivity contribution in [2.24, 2.45) is 5.92 Å². The highest BCUT2D eigenvalue weighted by Gasteiger charge is 2.22. The average molecular weight is 215 g/mol. The van der Waals surface area contributed by atoms with Crippen molar-refractivity contribution < 1.29 is 9.13 Å². The quantitative estimate of drug-likeness (QED) is 0.726. The lowest BCUT2D eigenvalue weighted by Gasteiger charge is -2.07. The third-order valence-electron chi connectivity index (χ3n) is 2.37. The van der Waals surface area contributed by atoms with E-state index >= 15 is 0 Å². The topological polar surface area (TPSA) is 33.0 Å². The summed E-state index contributed by atoms with van der Waals surface area (Å²) < 4.78 is 18.5. The highest BCUT2D eigenvalue weighted by molar-refractivity contribution is 5.48. The second kappa shape index (κ2) is 4.68. The van der Waals surface area contributed by atoms with Gasteiger partial charge >= 0.3 is 0 Å². The van der Waals surface area contributed by atoms with E-state index < -0.39 is 0 Å². The van der Waals surface area contributed by atoms with Crippen LogP contribution in [0.4, 0.5) is 4.39 Å². The number of benzene rings is 1. The van der Waals surface area contributed by atoms with Gasteiger partial charge in [-0.2, -0.15) is 5.26 Å². The maximum absolute atomic E-state index is 13.0. The van der Waals surface area contributed by atoms with E-state index in [0.29, 0.717) is 23.8 Å². The van der Waals surface area contributed by atoms with Crippen molar-refractivity contribution in [1.29, 1.82) is 5.26 Å². The zero-order valence-electron chi connectivity index (χ0n) is 8.66. The molecule has 80 valence electrons. The van der Waals surface area contributed by atoms with Crippen molar-refractivity contribution in [3.63, 3.8) is 0 Å². The standard InChI is InChI=1S/C13H10FNO/c14-12-5-6-13(16-9-10-3-4-10)11(8-12)2-1-7-15/h5-6,8,10H,3-4,9H2. The second-order valence-electron chi connectivity index (χ2n) is 3.76. The van der Waals surface area contributed by atoms with Gasteiger partial charge in [-0.15, -0.1) is 0 Å². The Hall–Kier alpha value is -2.00. The van der Waals surface area contributed by atoms with E-state index in [-0.39, 0.29) is 5.82 Å². The minimum absolute atomic E-state index is 0.374. The molecule has 0 amide bonds. The van der Waals surface area contributed by atoms with Crippen molar-refractivity contribution in [3.8, 4) is 23.7 Å². The zero-order valence-corrected chi connectivity index (χ0v) is 8.66. The summed E-state index contributed by atoms with van der Waals surface area (Å²) in [5.41, 5.74) is 0.433. The molecule has 1 saturated carbocycles. The van der Waals surface area contributed by atoms with Gasteiger partial charge in [-0.1, -0.05) is 0 Å². The van der Waals surface area contributed by atoms with Gasteiger partial charge in [-0.3, -0.25) is 0 Å². The van der Waals surface area contributed by atoms with Crippen LogP contribution in [0.15, 0.2) is 18.2 Å². The highest BCUT2D eigenvalue weighted by atomic mass is 19.1. The molecular weight excluding hydrogens is 205 g/mol. The number of hydrogen-bond donors (Lipinski definition) is 0. The zero-order chi connectivity index (χ0) is 11.4. The molecule has 2 rings (SSSR count). The van der Waals surface area contributed by atoms with Gasteiger partial charge in [0.05, 0.1) is 12.2 Å². The summed E-state index contributed by atoms with van der Waals surface area (Å²) in [6, 6.07) is 5.87. The molecule has 1 fully saturated rings. The third-order valence-corrected chi connectivity index (χ3v) is 2.37. The molecule has 3 heteroatoms. The van der Waals surface area contributed by atoms with Gasteiger partial charge in [0, 0.05) is 5.92 Å². The lowest BCUT2D eigenvalue weighted by molar-refractivity contribution is 0.298. The molecule has 0 unspecified atom stereocenters. The highest BCUT2D eigenvalue weighted by Crippen LogP contribution is 2.30. The van der Waals surface area contributed by atoms with Crippen molar-refractivity contribution in [3.05, 3.63) is 29.6 Å². The van der Waals surface area contributed by atoms with Crippen molar-refractivity contribution in [2.45, 2.75) is 12.8 Å². The average Bonchev–Trinajstić information content (AvgIpc) is 3.09. The van der Waals surface area contributed by atoms with Gasteiger partial charge in [0.15, 0.2) is 6.07 Å². The maximum Gasteiger partial charge on any atom is 0.152 e. The summed E-state index contributed by atoms with van der Waals surface area (Å²) in [4.78, 5) is 0. The molecule has 0 radical (unpaired) electrons. The summed E-state index contributed by atoms with van der Waals surface area (Å²) in [6.45, 7) is 0.646. The summed E-state index contributed by atoms with van der Waals surface area (Å²) in [7, 11) is 0. The molecule has 0 bridgehead atoms. The third kappa shape index (κ3) is 2.74. The van der Waals surface area contributed by atoms with Crippen molar-refractivity contribution >= 4 is 0 Å². The largest absolute Gasteiger partial charge is 0.492 e. The van der Waals surface area contributed by atoms with E-state index in [4.69, 9.17) is 10.00 Å². The molecule has 0 N–H and O–H groups in total. The fourth-order valence-corrected chi connectivity index (χ4v) is 1.31. The van der Waals surface area contributed by atoms with Crippen LogP contribution >= 0.6 is 0 Å². The number of hydrogen-bond acceptors (Lipinski definition) is 2. The lowest BCUT2D eigenvalue weighted by Crippen LogP contribution is -2.00. The molecule has 0 aromatic heterocycles. The monoisotopic (exact) mass is 215 g/mol. The Bertz CT molecular complexity index is 489. The van der Waals surface area contributed by atoms with E-state index in [0.717, 1.165) is 0 Å². The van der Waals surface area contributed by atoms with E-state index in [1.807, 2.05) is 0 Å². The van der Waals surface area contributed by atoms with E-state index in [1.54, 1.807) is 12.1 Å². The summed E-state index contributed by atoms with van der Waals surface area (Å²) in [5.74, 6) is 5.62. The van der Waals surface area contributed by atoms with Gasteiger partial charge in [-0.25, -0.2) is 4.39 Å². The van der Waals surface area contributed by atoms with Gasteiger partial charge in [0.2, 0.25) is 0 Å². The molecule has 0 spiro atoms. The predicted molar refractivity (Wildman–Crippen MR) is 57.1 cm³/mol. The van der Waals surface area contributed by atoms with Crippen LogP contribution in [0.3, 0.4) is 0 Å². The Balaban J connectivity index is 2.17. The molecule has 0 saturated heterocycles. The molecule has 2 nitrogen and oxygen atoms in total. The van der Waals surface area contributed by atoms with Crippen molar-refractivity contribution in [2.75, 3.05) is 6.61 Å². The Labute approximate surface area is 93.7 Å². The molecule has 0 atom stereocenters. The molecule has 1 aliphatic rings. The summed E-state index contributed by atoms with van der Waals surface area (Å²) in [5, 5.41) is 8.36. The predicted octanol–water partition coefficient (Wildman–Crippen LogP) is 2.49. The van der Waals surface area contributed by atoms with Crippen LogP contribution < -0.4 is 4.74 Å². The Morgan fingerprint density at radius 1 is 1.44 bits per heavy atom. The maximum atomic E-state index is 13.0. The van der Waals surface area contributed by atoms with Crippen molar-refractivity contribution in [1.82, 2.24) is 0 Å². The first-order valence-corrected chi connectivity index (χ1v) is 5.12. The van der Waals surface area contributed by atoms with E-state index in [2.05, 4.69) is 11.8 Å². The number of rotatable bonds is 3. The molecule has 1 aromatic carbocycles. The fraction of sp³-hybridized carbons (Fsp3) is 0.308. The minimum Gasteiger partial charge on any atom is -0.492 e. The smallest absolute Gasteiger partial charge is 0.152 e. The van der Waals surface area contributed by atoms with E-state index in [9.17, 15) is 4.39 Å². The fourth-order valence-electron chi connectivity index (χ4n) is 1.31. The Morgan fingerprint density at radius 2 is 2.25 bits per heavy atom.